The van der Waals surface area contributed by atoms with Gasteiger partial charge in [0, 0.05) is 43.2 Å². The molecule has 0 amide bonds. The molecule has 0 aromatic carbocycles. The molecule has 0 spiro atoms. The van der Waals surface area contributed by atoms with Crippen molar-refractivity contribution in [2.24, 2.45) is 0 Å². The summed E-state index contributed by atoms with van der Waals surface area (Å²) in [4.78, 5) is 15.6. The van der Waals surface area contributed by atoms with Crippen LogP contribution in [0.2, 0.25) is 0 Å². The number of hydrogen-bond acceptors (Lipinski definition) is 4. The summed E-state index contributed by atoms with van der Waals surface area (Å²) < 4.78 is 2.24. The van der Waals surface area contributed by atoms with Gasteiger partial charge in [0.2, 0.25) is 0 Å². The van der Waals surface area contributed by atoms with E-state index in [1.165, 1.54) is 0 Å². The molecular formula is C24H22N6S. The first-order valence-corrected chi connectivity index (χ1v) is 10.6. The Kier molecular flexibility index (Phi) is 5.41. The van der Waals surface area contributed by atoms with E-state index in [4.69, 9.17) is 12.2 Å². The second kappa shape index (κ2) is 8.65. The normalized spacial score (nSPS) is 18.2. The molecule has 6 nitrogen and oxygen atoms in total. The zero-order chi connectivity index (χ0) is 21.0. The van der Waals surface area contributed by atoms with Gasteiger partial charge in [-0.05, 0) is 60.2 Å². The Labute approximate surface area is 186 Å². The highest BCUT2D eigenvalue weighted by atomic mass is 32.1. The lowest BCUT2D eigenvalue weighted by molar-refractivity contribution is 0.298. The SMILES string of the molecule is S=C1N[C@@H](c2ccccn2)[C@H](c2cccn2Cc2ccccn2)N1Cc1cccnc1. The van der Waals surface area contributed by atoms with Crippen LogP contribution in [0.3, 0.4) is 0 Å². The molecule has 5 heterocycles. The molecule has 5 rings (SSSR count). The van der Waals surface area contributed by atoms with Crippen LogP contribution in [0.25, 0.3) is 0 Å². The molecule has 7 heteroatoms. The van der Waals surface area contributed by atoms with Crippen molar-refractivity contribution >= 4 is 17.3 Å². The first kappa shape index (κ1) is 19.4. The van der Waals surface area contributed by atoms with Crippen LogP contribution in [0, 0.1) is 0 Å². The number of nitrogens with zero attached hydrogens (tertiary/aromatic N) is 5. The average molecular weight is 427 g/mol. The average Bonchev–Trinajstić information content (AvgIpc) is 3.40. The lowest BCUT2D eigenvalue weighted by atomic mass is 10.0. The molecule has 0 unspecified atom stereocenters. The van der Waals surface area contributed by atoms with Crippen molar-refractivity contribution in [1.29, 1.82) is 0 Å². The molecule has 4 aromatic rings. The van der Waals surface area contributed by atoms with Crippen LogP contribution in [-0.4, -0.2) is 29.5 Å². The van der Waals surface area contributed by atoms with Gasteiger partial charge in [0.25, 0.3) is 0 Å². The van der Waals surface area contributed by atoms with E-state index in [1.807, 2.05) is 61.1 Å². The second-order valence-electron chi connectivity index (χ2n) is 7.50. The lowest BCUT2D eigenvalue weighted by Crippen LogP contribution is -2.30. The summed E-state index contributed by atoms with van der Waals surface area (Å²) in [5.41, 5.74) is 4.26. The monoisotopic (exact) mass is 426 g/mol. The summed E-state index contributed by atoms with van der Waals surface area (Å²) in [6, 6.07) is 20.2. The zero-order valence-corrected chi connectivity index (χ0v) is 17.7. The van der Waals surface area contributed by atoms with Gasteiger partial charge in [0.15, 0.2) is 5.11 Å². The van der Waals surface area contributed by atoms with E-state index in [0.29, 0.717) is 13.1 Å². The summed E-state index contributed by atoms with van der Waals surface area (Å²) >= 11 is 5.79. The van der Waals surface area contributed by atoms with Gasteiger partial charge in [-0.2, -0.15) is 0 Å². The lowest BCUT2D eigenvalue weighted by Gasteiger charge is -2.29. The summed E-state index contributed by atoms with van der Waals surface area (Å²) in [5.74, 6) is 0. The van der Waals surface area contributed by atoms with Crippen molar-refractivity contribution in [3.63, 3.8) is 0 Å². The molecule has 2 atom stereocenters. The Bertz CT molecular complexity index is 1150. The van der Waals surface area contributed by atoms with Gasteiger partial charge in [-0.1, -0.05) is 18.2 Å². The highest BCUT2D eigenvalue weighted by Crippen LogP contribution is 2.39. The topological polar surface area (TPSA) is 58.9 Å². The van der Waals surface area contributed by atoms with E-state index in [-0.39, 0.29) is 12.1 Å². The van der Waals surface area contributed by atoms with Crippen LogP contribution in [0.5, 0.6) is 0 Å². The van der Waals surface area contributed by atoms with Crippen molar-refractivity contribution in [3.05, 3.63) is 114 Å². The van der Waals surface area contributed by atoms with Crippen molar-refractivity contribution in [2.45, 2.75) is 25.2 Å². The first-order chi connectivity index (χ1) is 15.3. The molecule has 31 heavy (non-hydrogen) atoms. The standard InChI is InChI=1S/C24H22N6S/c31-24-28-22(20-9-2-4-13-27-20)23(30(24)16-18-7-5-11-25-15-18)21-10-6-14-29(21)17-19-8-1-3-12-26-19/h1-15,22-23H,16-17H2,(H,28,31)/t22-,23-/m0/s1. The Morgan fingerprint density at radius 2 is 1.74 bits per heavy atom. The third-order valence-corrected chi connectivity index (χ3v) is 5.85. The Hall–Kier alpha value is -3.58. The Morgan fingerprint density at radius 1 is 0.871 bits per heavy atom. The Balaban J connectivity index is 1.54. The second-order valence-corrected chi connectivity index (χ2v) is 7.88. The number of hydrogen-bond donors (Lipinski definition) is 1. The van der Waals surface area contributed by atoms with Crippen LogP contribution < -0.4 is 5.32 Å². The van der Waals surface area contributed by atoms with Crippen molar-refractivity contribution in [3.8, 4) is 0 Å². The smallest absolute Gasteiger partial charge is 0.170 e. The van der Waals surface area contributed by atoms with E-state index in [2.05, 4.69) is 54.1 Å². The fourth-order valence-electron chi connectivity index (χ4n) is 4.09. The molecule has 1 aliphatic heterocycles. The number of rotatable bonds is 6. The van der Waals surface area contributed by atoms with E-state index in [1.54, 1.807) is 6.20 Å². The third-order valence-electron chi connectivity index (χ3n) is 5.50. The number of aromatic nitrogens is 4. The van der Waals surface area contributed by atoms with E-state index in [9.17, 15) is 0 Å². The molecule has 0 saturated carbocycles. The predicted octanol–water partition coefficient (Wildman–Crippen LogP) is 3.89. The van der Waals surface area contributed by atoms with Crippen LogP contribution in [0.1, 0.15) is 34.7 Å². The quantitative estimate of drug-likeness (QED) is 0.472. The molecule has 1 fully saturated rings. The van der Waals surface area contributed by atoms with Gasteiger partial charge in [0.05, 0.1) is 30.0 Å². The summed E-state index contributed by atoms with van der Waals surface area (Å²) in [5, 5.41) is 4.23. The summed E-state index contributed by atoms with van der Waals surface area (Å²) in [6.45, 7) is 1.37. The highest BCUT2D eigenvalue weighted by Gasteiger charge is 2.41. The molecule has 1 aliphatic rings. The van der Waals surface area contributed by atoms with Crippen LogP contribution in [0.15, 0.2) is 91.6 Å². The number of thiocarbonyl (C=S) groups is 1. The molecule has 0 aliphatic carbocycles. The maximum absolute atomic E-state index is 5.79. The fraction of sp³-hybridized carbons (Fsp3) is 0.167. The Morgan fingerprint density at radius 3 is 2.48 bits per heavy atom. The van der Waals surface area contributed by atoms with Gasteiger partial charge >= 0.3 is 0 Å². The number of pyridine rings is 3. The minimum absolute atomic E-state index is 0.0127. The van der Waals surface area contributed by atoms with Gasteiger partial charge in [-0.25, -0.2) is 0 Å². The molecule has 0 bridgehead atoms. The van der Waals surface area contributed by atoms with E-state index >= 15 is 0 Å². The van der Waals surface area contributed by atoms with Crippen molar-refractivity contribution < 1.29 is 0 Å². The third kappa shape index (κ3) is 4.04. The maximum Gasteiger partial charge on any atom is 0.170 e. The molecule has 0 radical (unpaired) electrons. The molecule has 1 saturated heterocycles. The molecular weight excluding hydrogens is 404 g/mol. The van der Waals surface area contributed by atoms with Crippen LogP contribution >= 0.6 is 12.2 Å². The summed E-state index contributed by atoms with van der Waals surface area (Å²) in [6.07, 6.45) is 9.43. The van der Waals surface area contributed by atoms with Gasteiger partial charge in [-0.15, -0.1) is 0 Å². The van der Waals surface area contributed by atoms with Crippen molar-refractivity contribution in [2.75, 3.05) is 0 Å². The number of nitrogens with one attached hydrogen (secondary N) is 1. The first-order valence-electron chi connectivity index (χ1n) is 10.2. The van der Waals surface area contributed by atoms with Gasteiger partial charge in [-0.3, -0.25) is 15.0 Å². The molecule has 154 valence electrons. The predicted molar refractivity (Wildman–Crippen MR) is 123 cm³/mol. The highest BCUT2D eigenvalue weighted by molar-refractivity contribution is 7.80. The minimum Gasteiger partial charge on any atom is -0.352 e. The maximum atomic E-state index is 5.79. The van der Waals surface area contributed by atoms with Gasteiger partial charge in [0.1, 0.15) is 0 Å². The molecule has 4 aromatic heterocycles. The summed E-state index contributed by atoms with van der Waals surface area (Å²) in [7, 11) is 0. The van der Waals surface area contributed by atoms with Crippen LogP contribution in [-0.2, 0) is 13.1 Å². The minimum atomic E-state index is -0.0530. The molecule has 1 N–H and O–H groups in total. The zero-order valence-electron chi connectivity index (χ0n) is 16.9. The fourth-order valence-corrected chi connectivity index (χ4v) is 4.40. The van der Waals surface area contributed by atoms with Crippen molar-refractivity contribution in [1.82, 2.24) is 29.7 Å². The van der Waals surface area contributed by atoms with E-state index in [0.717, 1.165) is 27.8 Å². The van der Waals surface area contributed by atoms with E-state index < -0.39 is 0 Å². The largest absolute Gasteiger partial charge is 0.352 e. The van der Waals surface area contributed by atoms with Gasteiger partial charge < -0.3 is 14.8 Å². The van der Waals surface area contributed by atoms with Crippen LogP contribution in [0.4, 0.5) is 0 Å².